The Morgan fingerprint density at radius 3 is 2.38 bits per heavy atom. The SMILES string of the molecule is CCC(C)C(=O)Nc1ccc(Cl)c(S(=O)(=O)N(CC)c2ccccc2)c1. The zero-order valence-corrected chi connectivity index (χ0v) is 16.6. The lowest BCUT2D eigenvalue weighted by Gasteiger charge is -2.23. The lowest BCUT2D eigenvalue weighted by molar-refractivity contribution is -0.119. The molecule has 0 fully saturated rings. The van der Waals surface area contributed by atoms with Crippen molar-refractivity contribution in [3.05, 3.63) is 53.6 Å². The lowest BCUT2D eigenvalue weighted by Crippen LogP contribution is -2.31. The number of hydrogen-bond donors (Lipinski definition) is 1. The number of para-hydroxylation sites is 1. The van der Waals surface area contributed by atoms with Crippen LogP contribution in [-0.4, -0.2) is 20.9 Å². The predicted octanol–water partition coefficient (Wildman–Crippen LogP) is 4.54. The highest BCUT2D eigenvalue weighted by molar-refractivity contribution is 7.93. The van der Waals surface area contributed by atoms with E-state index in [0.717, 1.165) is 0 Å². The molecule has 1 atom stereocenters. The molecule has 140 valence electrons. The van der Waals surface area contributed by atoms with E-state index in [1.54, 1.807) is 37.3 Å². The third kappa shape index (κ3) is 4.37. The van der Waals surface area contributed by atoms with Crippen LogP contribution in [0.4, 0.5) is 11.4 Å². The maximum Gasteiger partial charge on any atom is 0.265 e. The molecule has 0 aliphatic heterocycles. The summed E-state index contributed by atoms with van der Waals surface area (Å²) >= 11 is 6.18. The molecular weight excluding hydrogens is 372 g/mol. The van der Waals surface area contributed by atoms with E-state index >= 15 is 0 Å². The average Bonchev–Trinajstić information content (AvgIpc) is 2.63. The van der Waals surface area contributed by atoms with Crippen LogP contribution in [0.15, 0.2) is 53.4 Å². The van der Waals surface area contributed by atoms with E-state index in [4.69, 9.17) is 11.6 Å². The summed E-state index contributed by atoms with van der Waals surface area (Å²) in [5.41, 5.74) is 0.961. The van der Waals surface area contributed by atoms with Gasteiger partial charge in [0.05, 0.1) is 10.7 Å². The highest BCUT2D eigenvalue weighted by Crippen LogP contribution is 2.30. The summed E-state index contributed by atoms with van der Waals surface area (Å²) in [5.74, 6) is -0.323. The standard InChI is InChI=1S/C19H23ClN2O3S/c1-4-14(3)19(23)21-15-11-12-17(20)18(13-15)26(24,25)22(5-2)16-9-7-6-8-10-16/h6-14H,4-5H2,1-3H3,(H,21,23). The molecule has 0 spiro atoms. The van der Waals surface area contributed by atoms with Gasteiger partial charge in [0.15, 0.2) is 0 Å². The largest absolute Gasteiger partial charge is 0.326 e. The van der Waals surface area contributed by atoms with E-state index < -0.39 is 10.0 Å². The maximum atomic E-state index is 13.1. The van der Waals surface area contributed by atoms with Crippen LogP contribution in [0.5, 0.6) is 0 Å². The van der Waals surface area contributed by atoms with Crippen molar-refractivity contribution in [3.8, 4) is 0 Å². The zero-order valence-electron chi connectivity index (χ0n) is 15.1. The number of carbonyl (C=O) groups is 1. The second kappa shape index (κ2) is 8.56. The van der Waals surface area contributed by atoms with Gasteiger partial charge in [-0.1, -0.05) is 43.6 Å². The highest BCUT2D eigenvalue weighted by Gasteiger charge is 2.26. The van der Waals surface area contributed by atoms with Crippen molar-refractivity contribution in [2.45, 2.75) is 32.1 Å². The van der Waals surface area contributed by atoms with Crippen LogP contribution < -0.4 is 9.62 Å². The van der Waals surface area contributed by atoms with Crippen LogP contribution in [0.25, 0.3) is 0 Å². The first-order valence-electron chi connectivity index (χ1n) is 8.49. The quantitative estimate of drug-likeness (QED) is 0.749. The Morgan fingerprint density at radius 2 is 1.81 bits per heavy atom. The zero-order chi connectivity index (χ0) is 19.3. The molecule has 1 N–H and O–H groups in total. The van der Waals surface area contributed by atoms with Crippen LogP contribution in [0.3, 0.4) is 0 Å². The van der Waals surface area contributed by atoms with Crippen LogP contribution in [0.1, 0.15) is 27.2 Å². The van der Waals surface area contributed by atoms with Gasteiger partial charge in [-0.05, 0) is 43.7 Å². The van der Waals surface area contributed by atoms with Crippen LogP contribution in [0.2, 0.25) is 5.02 Å². The number of rotatable bonds is 7. The minimum atomic E-state index is -3.87. The number of benzene rings is 2. The van der Waals surface area contributed by atoms with Crippen LogP contribution in [0, 0.1) is 5.92 Å². The van der Waals surface area contributed by atoms with E-state index in [-0.39, 0.29) is 28.3 Å². The third-order valence-electron chi connectivity index (χ3n) is 4.16. The van der Waals surface area contributed by atoms with E-state index in [9.17, 15) is 13.2 Å². The summed E-state index contributed by atoms with van der Waals surface area (Å²) in [6.07, 6.45) is 0.697. The normalized spacial score (nSPS) is 12.5. The first kappa shape index (κ1) is 20.3. The smallest absolute Gasteiger partial charge is 0.265 e. The van der Waals surface area contributed by atoms with Gasteiger partial charge < -0.3 is 5.32 Å². The highest BCUT2D eigenvalue weighted by atomic mass is 35.5. The summed E-state index contributed by atoms with van der Waals surface area (Å²) < 4.78 is 27.6. The molecule has 0 aromatic heterocycles. The molecule has 2 aromatic rings. The van der Waals surface area contributed by atoms with Crippen molar-refractivity contribution in [3.63, 3.8) is 0 Å². The summed E-state index contributed by atoms with van der Waals surface area (Å²) in [6, 6.07) is 13.3. The molecule has 2 aromatic carbocycles. The van der Waals surface area contributed by atoms with Gasteiger partial charge in [0.25, 0.3) is 10.0 Å². The molecule has 1 amide bonds. The fourth-order valence-corrected chi connectivity index (χ4v) is 4.41. The number of nitrogens with zero attached hydrogens (tertiary/aromatic N) is 1. The fraction of sp³-hybridized carbons (Fsp3) is 0.316. The van der Waals surface area contributed by atoms with Gasteiger partial charge in [0.2, 0.25) is 5.91 Å². The third-order valence-corrected chi connectivity index (χ3v) is 6.54. The molecule has 0 radical (unpaired) electrons. The number of anilines is 2. The number of sulfonamides is 1. The molecule has 0 aliphatic carbocycles. The summed E-state index contributed by atoms with van der Waals surface area (Å²) in [4.78, 5) is 12.1. The Labute approximate surface area is 160 Å². The predicted molar refractivity (Wildman–Crippen MR) is 106 cm³/mol. The van der Waals surface area contributed by atoms with Crippen molar-refractivity contribution in [1.82, 2.24) is 0 Å². The van der Waals surface area contributed by atoms with Gasteiger partial charge >= 0.3 is 0 Å². The molecule has 7 heteroatoms. The van der Waals surface area contributed by atoms with E-state index in [0.29, 0.717) is 17.8 Å². The molecule has 26 heavy (non-hydrogen) atoms. The van der Waals surface area contributed by atoms with Crippen LogP contribution >= 0.6 is 11.6 Å². The Kier molecular flexibility index (Phi) is 6.67. The fourth-order valence-electron chi connectivity index (χ4n) is 2.43. The first-order valence-corrected chi connectivity index (χ1v) is 10.3. The number of hydrogen-bond acceptors (Lipinski definition) is 3. The lowest BCUT2D eigenvalue weighted by atomic mass is 10.1. The second-order valence-corrected chi connectivity index (χ2v) is 8.19. The van der Waals surface area contributed by atoms with Gasteiger partial charge in [-0.15, -0.1) is 0 Å². The molecule has 2 rings (SSSR count). The minimum absolute atomic E-state index is 0.0354. The van der Waals surface area contributed by atoms with Gasteiger partial charge in [-0.3, -0.25) is 9.10 Å². The monoisotopic (exact) mass is 394 g/mol. The molecule has 0 bridgehead atoms. The van der Waals surface area contributed by atoms with Crippen molar-refractivity contribution in [2.24, 2.45) is 5.92 Å². The molecule has 5 nitrogen and oxygen atoms in total. The second-order valence-electron chi connectivity index (χ2n) is 5.95. The molecule has 0 saturated heterocycles. The van der Waals surface area contributed by atoms with E-state index in [2.05, 4.69) is 5.32 Å². The first-order chi connectivity index (χ1) is 12.3. The van der Waals surface area contributed by atoms with E-state index in [1.165, 1.54) is 16.4 Å². The summed E-state index contributed by atoms with van der Waals surface area (Å²) in [7, 11) is -3.87. The molecule has 0 aliphatic rings. The van der Waals surface area contributed by atoms with E-state index in [1.807, 2.05) is 19.9 Å². The van der Waals surface area contributed by atoms with Crippen molar-refractivity contribution < 1.29 is 13.2 Å². The van der Waals surface area contributed by atoms with Crippen molar-refractivity contribution in [1.29, 1.82) is 0 Å². The Bertz CT molecular complexity index is 870. The Hall–Kier alpha value is -2.05. The van der Waals surface area contributed by atoms with Gasteiger partial charge in [0, 0.05) is 18.2 Å². The Balaban J connectivity index is 2.42. The maximum absolute atomic E-state index is 13.1. The number of halogens is 1. The van der Waals surface area contributed by atoms with Crippen molar-refractivity contribution >= 4 is 38.9 Å². The molecule has 0 saturated carbocycles. The average molecular weight is 395 g/mol. The molecule has 0 heterocycles. The minimum Gasteiger partial charge on any atom is -0.326 e. The summed E-state index contributed by atoms with van der Waals surface area (Å²) in [5, 5.41) is 2.86. The summed E-state index contributed by atoms with van der Waals surface area (Å²) in [6.45, 7) is 5.75. The Morgan fingerprint density at radius 1 is 1.15 bits per heavy atom. The van der Waals surface area contributed by atoms with Gasteiger partial charge in [-0.25, -0.2) is 8.42 Å². The van der Waals surface area contributed by atoms with Crippen LogP contribution in [-0.2, 0) is 14.8 Å². The molecule has 1 unspecified atom stereocenters. The topological polar surface area (TPSA) is 66.5 Å². The number of carbonyl (C=O) groups excluding carboxylic acids is 1. The van der Waals surface area contributed by atoms with Crippen molar-refractivity contribution in [2.75, 3.05) is 16.2 Å². The number of nitrogens with one attached hydrogen (secondary N) is 1. The van der Waals surface area contributed by atoms with Gasteiger partial charge in [-0.2, -0.15) is 0 Å². The number of amides is 1. The molecular formula is C19H23ClN2O3S. The van der Waals surface area contributed by atoms with Gasteiger partial charge in [0.1, 0.15) is 4.90 Å².